The van der Waals surface area contributed by atoms with Crippen LogP contribution in [-0.4, -0.2) is 55.8 Å². The molecular weight excluding hydrogens is 480 g/mol. The van der Waals surface area contributed by atoms with E-state index in [4.69, 9.17) is 30.4 Å². The normalized spacial score (nSPS) is 11.9. The fraction of sp³-hybridized carbons (Fsp3) is 0.231. The van der Waals surface area contributed by atoms with Crippen LogP contribution in [0, 0.1) is 11.8 Å². The third-order valence-corrected chi connectivity index (χ3v) is 5.60. The Bertz CT molecular complexity index is 1400. The number of methoxy groups -OCH3 is 4. The topological polar surface area (TPSA) is 169 Å². The molecule has 192 valence electrons. The van der Waals surface area contributed by atoms with E-state index in [0.717, 1.165) is 0 Å². The number of aromatic nitrogens is 2. The van der Waals surface area contributed by atoms with E-state index in [0.29, 0.717) is 34.6 Å². The molecule has 3 rings (SSSR count). The lowest BCUT2D eigenvalue weighted by atomic mass is 9.82. The zero-order valence-corrected chi connectivity index (χ0v) is 20.7. The van der Waals surface area contributed by atoms with Crippen molar-refractivity contribution in [3.8, 4) is 34.8 Å². The van der Waals surface area contributed by atoms with Gasteiger partial charge in [-0.3, -0.25) is 0 Å². The molecule has 2 aromatic carbocycles. The van der Waals surface area contributed by atoms with Crippen LogP contribution in [0.1, 0.15) is 22.3 Å². The first-order valence-corrected chi connectivity index (χ1v) is 10.8. The number of ether oxygens (including phenoxy) is 4. The summed E-state index contributed by atoms with van der Waals surface area (Å²) < 4.78 is 21.4. The zero-order valence-electron chi connectivity index (χ0n) is 20.7. The van der Waals surface area contributed by atoms with Crippen molar-refractivity contribution in [3.63, 3.8) is 0 Å². The highest BCUT2D eigenvalue weighted by Gasteiger charge is 2.40. The predicted octanol–water partition coefficient (Wildman–Crippen LogP) is 1.84. The number of carboxylic acid groups (broad SMARTS) is 1. The van der Waals surface area contributed by atoms with Crippen molar-refractivity contribution >= 4 is 24.0 Å². The number of aliphatic carboxylic acids is 1. The van der Waals surface area contributed by atoms with Gasteiger partial charge < -0.3 is 40.3 Å². The molecule has 0 radical (unpaired) electrons. The average Bonchev–Trinajstić information content (AvgIpc) is 2.90. The van der Waals surface area contributed by atoms with E-state index in [-0.39, 0.29) is 35.1 Å². The Balaban J connectivity index is 2.17. The number of nitrogen functional groups attached to an aromatic ring is 2. The molecule has 11 heteroatoms. The molecule has 0 aliphatic rings. The lowest BCUT2D eigenvalue weighted by molar-refractivity contribution is -0.143. The van der Waals surface area contributed by atoms with Gasteiger partial charge in [-0.25, -0.2) is 9.78 Å². The van der Waals surface area contributed by atoms with E-state index in [9.17, 15) is 14.7 Å². The largest absolute Gasteiger partial charge is 0.493 e. The van der Waals surface area contributed by atoms with Gasteiger partial charge in [0.05, 0.1) is 34.0 Å². The van der Waals surface area contributed by atoms with Gasteiger partial charge in [0.2, 0.25) is 11.4 Å². The molecule has 1 unspecified atom stereocenters. The second-order valence-electron chi connectivity index (χ2n) is 7.75. The third kappa shape index (κ3) is 5.33. The smallest absolute Gasteiger partial charge is 0.333 e. The van der Waals surface area contributed by atoms with Crippen LogP contribution >= 0.6 is 0 Å². The Kier molecular flexibility index (Phi) is 8.04. The SMILES string of the molecule is COc1ccc(C(C#Cc2cc(Cc3cnc(N)nc3N)cc(OC)c2OC)(C=O)C(=O)O)cc1OC. The molecule has 1 heterocycles. The molecule has 0 saturated carbocycles. The summed E-state index contributed by atoms with van der Waals surface area (Å²) in [6.07, 6.45) is 2.08. The number of carbonyl (C=O) groups is 2. The van der Waals surface area contributed by atoms with Crippen LogP contribution in [0.5, 0.6) is 23.0 Å². The molecule has 1 atom stereocenters. The third-order valence-electron chi connectivity index (χ3n) is 5.60. The lowest BCUT2D eigenvalue weighted by Crippen LogP contribution is -2.36. The number of hydrogen-bond donors (Lipinski definition) is 3. The Hall–Kier alpha value is -4.98. The quantitative estimate of drug-likeness (QED) is 0.220. The molecule has 1 aromatic heterocycles. The summed E-state index contributed by atoms with van der Waals surface area (Å²) in [6.45, 7) is 0. The molecule has 0 saturated heterocycles. The number of rotatable bonds is 9. The number of aldehydes is 1. The molecule has 0 bridgehead atoms. The maximum Gasteiger partial charge on any atom is 0.333 e. The minimum absolute atomic E-state index is 0.0501. The summed E-state index contributed by atoms with van der Waals surface area (Å²) in [6, 6.07) is 7.74. The number of anilines is 2. The minimum Gasteiger partial charge on any atom is -0.493 e. The Morgan fingerprint density at radius 1 is 1.03 bits per heavy atom. The maximum absolute atomic E-state index is 12.4. The van der Waals surface area contributed by atoms with Gasteiger partial charge in [0.1, 0.15) is 5.82 Å². The number of carbonyl (C=O) groups excluding carboxylic acids is 1. The fourth-order valence-electron chi connectivity index (χ4n) is 3.65. The standard InChI is InChI=1S/C26H26N4O7/c1-34-19-6-5-18(12-20(19)35-2)26(14-31,24(32)33)8-7-16-9-15(11-21(36-3)22(16)37-4)10-17-13-29-25(28)30-23(17)27/h5-6,9,11-14H,10H2,1-4H3,(H,32,33)(H4,27,28,29,30). The second-order valence-corrected chi connectivity index (χ2v) is 7.75. The molecule has 3 aromatic rings. The van der Waals surface area contributed by atoms with Crippen LogP contribution in [0.2, 0.25) is 0 Å². The molecule has 0 amide bonds. The second kappa shape index (κ2) is 11.2. The summed E-state index contributed by atoms with van der Waals surface area (Å²) in [7, 11) is 5.72. The highest BCUT2D eigenvalue weighted by molar-refractivity contribution is 6.03. The van der Waals surface area contributed by atoms with E-state index >= 15 is 0 Å². The van der Waals surface area contributed by atoms with Crippen molar-refractivity contribution in [2.45, 2.75) is 11.8 Å². The lowest BCUT2D eigenvalue weighted by Gasteiger charge is -2.19. The molecule has 0 spiro atoms. The summed E-state index contributed by atoms with van der Waals surface area (Å²) >= 11 is 0. The Morgan fingerprint density at radius 3 is 2.30 bits per heavy atom. The first-order valence-electron chi connectivity index (χ1n) is 10.8. The first-order chi connectivity index (χ1) is 17.7. The van der Waals surface area contributed by atoms with Gasteiger partial charge in [0.15, 0.2) is 29.3 Å². The molecule has 0 aliphatic heterocycles. The van der Waals surface area contributed by atoms with E-state index in [1.807, 2.05) is 0 Å². The summed E-state index contributed by atoms with van der Waals surface area (Å²) in [4.78, 5) is 32.6. The van der Waals surface area contributed by atoms with E-state index < -0.39 is 11.4 Å². The van der Waals surface area contributed by atoms with Crippen LogP contribution in [0.4, 0.5) is 11.8 Å². The van der Waals surface area contributed by atoms with Gasteiger partial charge in [-0.15, -0.1) is 0 Å². The van der Waals surface area contributed by atoms with Gasteiger partial charge in [0.25, 0.3) is 0 Å². The summed E-state index contributed by atoms with van der Waals surface area (Å²) in [5.41, 5.74) is 11.0. The van der Waals surface area contributed by atoms with Crippen molar-refractivity contribution in [2.75, 3.05) is 39.9 Å². The summed E-state index contributed by atoms with van der Waals surface area (Å²) in [5.74, 6) is 5.46. The van der Waals surface area contributed by atoms with Gasteiger partial charge >= 0.3 is 5.97 Å². The number of nitrogens with zero attached hydrogens (tertiary/aromatic N) is 2. The van der Waals surface area contributed by atoms with E-state index in [2.05, 4.69) is 21.8 Å². The fourth-order valence-corrected chi connectivity index (χ4v) is 3.65. The van der Waals surface area contributed by atoms with E-state index in [1.165, 1.54) is 52.8 Å². The zero-order chi connectivity index (χ0) is 27.2. The molecule has 0 aliphatic carbocycles. The molecule has 11 nitrogen and oxygen atoms in total. The highest BCUT2D eigenvalue weighted by atomic mass is 16.5. The van der Waals surface area contributed by atoms with Gasteiger partial charge in [0, 0.05) is 18.2 Å². The number of carboxylic acids is 1. The monoisotopic (exact) mass is 506 g/mol. The van der Waals surface area contributed by atoms with Crippen molar-refractivity contribution in [2.24, 2.45) is 0 Å². The summed E-state index contributed by atoms with van der Waals surface area (Å²) in [5, 5.41) is 10.1. The van der Waals surface area contributed by atoms with Gasteiger partial charge in [-0.05, 0) is 35.4 Å². The minimum atomic E-state index is -2.21. The molecular formula is C26H26N4O7. The maximum atomic E-state index is 12.4. The van der Waals surface area contributed by atoms with Crippen LogP contribution < -0.4 is 30.4 Å². The van der Waals surface area contributed by atoms with Crippen LogP contribution in [-0.2, 0) is 21.4 Å². The van der Waals surface area contributed by atoms with Crippen LogP contribution in [0.25, 0.3) is 0 Å². The van der Waals surface area contributed by atoms with Crippen molar-refractivity contribution in [1.29, 1.82) is 0 Å². The molecule has 37 heavy (non-hydrogen) atoms. The van der Waals surface area contributed by atoms with Gasteiger partial charge in [-0.1, -0.05) is 17.9 Å². The Labute approximate surface area is 213 Å². The Morgan fingerprint density at radius 2 is 1.73 bits per heavy atom. The van der Waals surface area contributed by atoms with Crippen molar-refractivity contribution < 1.29 is 33.6 Å². The number of benzene rings is 2. The van der Waals surface area contributed by atoms with Crippen LogP contribution in [0.15, 0.2) is 36.5 Å². The van der Waals surface area contributed by atoms with Gasteiger partial charge in [-0.2, -0.15) is 4.98 Å². The van der Waals surface area contributed by atoms with Crippen molar-refractivity contribution in [1.82, 2.24) is 9.97 Å². The number of nitrogens with two attached hydrogens (primary N) is 2. The predicted molar refractivity (Wildman–Crippen MR) is 135 cm³/mol. The van der Waals surface area contributed by atoms with Crippen molar-refractivity contribution in [3.05, 3.63) is 58.8 Å². The van der Waals surface area contributed by atoms with Crippen LogP contribution in [0.3, 0.4) is 0 Å². The average molecular weight is 507 g/mol. The first kappa shape index (κ1) is 26.6. The molecule has 5 N–H and O–H groups in total. The highest BCUT2D eigenvalue weighted by Crippen LogP contribution is 2.35. The van der Waals surface area contributed by atoms with E-state index in [1.54, 1.807) is 12.1 Å². The molecule has 0 fully saturated rings. The number of hydrogen-bond acceptors (Lipinski definition) is 10.